The number of nitrogens with zero attached hydrogens (tertiary/aromatic N) is 3. The standard InChI is InChI=1S/C21H26N4O2S/c1-3-18(9-11-26)25-20(27)19-13-16(8-6-4-5-7-10-22-19)12-17-14-23-21(28-2)24-15-17/h4-8,10,13-15,18,26H,3,9,11-12H2,1-2H3,(H,25,27)/t18-/m1/s1. The number of amides is 1. The summed E-state index contributed by atoms with van der Waals surface area (Å²) in [5.41, 5.74) is 2.20. The van der Waals surface area contributed by atoms with Gasteiger partial charge >= 0.3 is 0 Å². The zero-order valence-electron chi connectivity index (χ0n) is 16.2. The molecule has 0 aromatic carbocycles. The molecule has 0 aliphatic rings. The van der Waals surface area contributed by atoms with E-state index in [4.69, 9.17) is 5.11 Å². The third kappa shape index (κ3) is 7.25. The van der Waals surface area contributed by atoms with Crippen LogP contribution in [0, 0.1) is 0 Å². The lowest BCUT2D eigenvalue weighted by Crippen LogP contribution is -2.35. The molecule has 28 heavy (non-hydrogen) atoms. The molecular weight excluding hydrogens is 372 g/mol. The normalized spacial score (nSPS) is 11.4. The second-order valence-corrected chi connectivity index (χ2v) is 6.94. The Labute approximate surface area is 170 Å². The maximum Gasteiger partial charge on any atom is 0.270 e. The minimum absolute atomic E-state index is 0.0336. The van der Waals surface area contributed by atoms with Gasteiger partial charge in [0.05, 0.1) is 0 Å². The van der Waals surface area contributed by atoms with Crippen LogP contribution in [0.2, 0.25) is 0 Å². The summed E-state index contributed by atoms with van der Waals surface area (Å²) >= 11 is 1.49. The van der Waals surface area contributed by atoms with Gasteiger partial charge in [0.2, 0.25) is 0 Å². The predicted octanol–water partition coefficient (Wildman–Crippen LogP) is 3.20. The van der Waals surface area contributed by atoms with Crippen molar-refractivity contribution in [2.75, 3.05) is 12.9 Å². The third-order valence-corrected chi connectivity index (χ3v) is 4.65. The molecule has 0 aliphatic heterocycles. The Kier molecular flexibility index (Phi) is 9.37. The van der Waals surface area contributed by atoms with Crippen LogP contribution in [0.4, 0.5) is 0 Å². The highest BCUT2D eigenvalue weighted by Crippen LogP contribution is 2.11. The molecule has 0 spiro atoms. The number of aliphatic hydroxyl groups excluding tert-OH is 1. The van der Waals surface area contributed by atoms with Crippen LogP contribution in [0.25, 0.3) is 0 Å². The first kappa shape index (κ1) is 21.8. The quantitative estimate of drug-likeness (QED) is 0.524. The van der Waals surface area contributed by atoms with Gasteiger partial charge in [0.1, 0.15) is 5.69 Å². The summed E-state index contributed by atoms with van der Waals surface area (Å²) in [7, 11) is 0. The van der Waals surface area contributed by atoms with E-state index in [0.29, 0.717) is 18.5 Å². The third-order valence-electron chi connectivity index (χ3n) is 4.08. The lowest BCUT2D eigenvalue weighted by molar-refractivity contribution is 0.0924. The van der Waals surface area contributed by atoms with E-state index in [1.807, 2.05) is 37.4 Å². The summed E-state index contributed by atoms with van der Waals surface area (Å²) in [6.07, 6.45) is 8.98. The van der Waals surface area contributed by atoms with Crippen molar-refractivity contribution in [1.82, 2.24) is 20.3 Å². The molecule has 2 N–H and O–H groups in total. The van der Waals surface area contributed by atoms with Gasteiger partial charge in [-0.1, -0.05) is 43.0 Å². The van der Waals surface area contributed by atoms with Gasteiger partial charge in [-0.3, -0.25) is 9.78 Å². The minimum atomic E-state index is -0.255. The fourth-order valence-corrected chi connectivity index (χ4v) is 2.86. The predicted molar refractivity (Wildman–Crippen MR) is 112 cm³/mol. The van der Waals surface area contributed by atoms with Crippen LogP contribution < -0.4 is 5.32 Å². The lowest BCUT2D eigenvalue weighted by Gasteiger charge is -2.15. The molecule has 0 saturated carbocycles. The fraction of sp³-hybridized carbons (Fsp3) is 0.333. The molecule has 2 heterocycles. The van der Waals surface area contributed by atoms with E-state index >= 15 is 0 Å². The Hall–Kier alpha value is -2.51. The minimum Gasteiger partial charge on any atom is -0.396 e. The molecule has 7 heteroatoms. The maximum absolute atomic E-state index is 12.7. The number of hydrogen-bond acceptors (Lipinski definition) is 6. The number of aromatic nitrogens is 3. The number of aliphatic hydroxyl groups is 1. The summed E-state index contributed by atoms with van der Waals surface area (Å²) in [5.74, 6) is -0.255. The second-order valence-electron chi connectivity index (χ2n) is 6.16. The van der Waals surface area contributed by atoms with E-state index in [9.17, 15) is 4.79 Å². The van der Waals surface area contributed by atoms with Crippen LogP contribution in [0.15, 0.2) is 60.1 Å². The SMILES string of the molecule is CC[C@H](CCO)NC(=O)c1cc(Cc2cnc(SC)nc2)ccccccn1. The molecule has 0 bridgehead atoms. The van der Waals surface area contributed by atoms with Crippen LogP contribution in [-0.2, 0) is 6.42 Å². The average molecular weight is 399 g/mol. The van der Waals surface area contributed by atoms with Crippen molar-refractivity contribution < 1.29 is 9.90 Å². The van der Waals surface area contributed by atoms with E-state index in [-0.39, 0.29) is 18.6 Å². The van der Waals surface area contributed by atoms with Crippen molar-refractivity contribution in [1.29, 1.82) is 0 Å². The molecule has 2 rings (SSSR count). The van der Waals surface area contributed by atoms with Crippen molar-refractivity contribution in [3.63, 3.8) is 0 Å². The summed E-state index contributed by atoms with van der Waals surface area (Å²) in [4.78, 5) is 25.6. The van der Waals surface area contributed by atoms with Crippen molar-refractivity contribution in [2.45, 2.75) is 37.4 Å². The molecule has 1 atom stereocenters. The first-order valence-corrected chi connectivity index (χ1v) is 10.4. The molecule has 0 saturated heterocycles. The van der Waals surface area contributed by atoms with E-state index in [0.717, 1.165) is 22.7 Å². The first-order valence-electron chi connectivity index (χ1n) is 9.21. The second kappa shape index (κ2) is 12.0. The Bertz CT molecular complexity index is 813. The highest BCUT2D eigenvalue weighted by Gasteiger charge is 2.12. The van der Waals surface area contributed by atoms with E-state index in [1.165, 1.54) is 11.8 Å². The average Bonchev–Trinajstić information content (AvgIpc) is 2.72. The topological polar surface area (TPSA) is 88.0 Å². The van der Waals surface area contributed by atoms with Crippen LogP contribution in [-0.4, -0.2) is 44.9 Å². The Morgan fingerprint density at radius 1 is 1.14 bits per heavy atom. The molecule has 6 nitrogen and oxygen atoms in total. The number of carbonyl (C=O) groups excluding carboxylic acids is 1. The summed E-state index contributed by atoms with van der Waals surface area (Å²) < 4.78 is 0. The van der Waals surface area contributed by atoms with Gasteiger partial charge in [0.15, 0.2) is 5.16 Å². The monoisotopic (exact) mass is 398 g/mol. The van der Waals surface area contributed by atoms with Crippen LogP contribution >= 0.6 is 11.8 Å². The highest BCUT2D eigenvalue weighted by molar-refractivity contribution is 7.98. The molecule has 2 aromatic heterocycles. The maximum atomic E-state index is 12.7. The number of carbonyl (C=O) groups is 1. The summed E-state index contributed by atoms with van der Waals surface area (Å²) in [6, 6.07) is 11.1. The Morgan fingerprint density at radius 2 is 1.89 bits per heavy atom. The summed E-state index contributed by atoms with van der Waals surface area (Å²) in [6.45, 7) is 2.01. The van der Waals surface area contributed by atoms with Gasteiger partial charge < -0.3 is 10.4 Å². The van der Waals surface area contributed by atoms with Gasteiger partial charge in [0.25, 0.3) is 5.91 Å². The lowest BCUT2D eigenvalue weighted by atomic mass is 10.1. The molecule has 1 amide bonds. The number of hydrogen-bond donors (Lipinski definition) is 2. The Morgan fingerprint density at radius 3 is 2.57 bits per heavy atom. The highest BCUT2D eigenvalue weighted by atomic mass is 32.2. The fourth-order valence-electron chi connectivity index (χ4n) is 2.54. The molecule has 0 fully saturated rings. The van der Waals surface area contributed by atoms with Crippen LogP contribution in [0.1, 0.15) is 41.4 Å². The zero-order chi connectivity index (χ0) is 20.2. The molecule has 0 aliphatic carbocycles. The van der Waals surface area contributed by atoms with Crippen molar-refractivity contribution in [3.8, 4) is 0 Å². The molecule has 0 radical (unpaired) electrons. The number of rotatable bonds is 8. The van der Waals surface area contributed by atoms with Crippen molar-refractivity contribution in [2.24, 2.45) is 0 Å². The van der Waals surface area contributed by atoms with Crippen LogP contribution in [0.5, 0.6) is 0 Å². The van der Waals surface area contributed by atoms with Gasteiger partial charge in [-0.15, -0.1) is 0 Å². The van der Waals surface area contributed by atoms with E-state index in [2.05, 4.69) is 20.3 Å². The zero-order valence-corrected chi connectivity index (χ0v) is 17.0. The molecule has 148 valence electrons. The molecular formula is C21H26N4O2S. The first-order chi connectivity index (χ1) is 13.7. The largest absolute Gasteiger partial charge is 0.396 e. The van der Waals surface area contributed by atoms with Gasteiger partial charge in [-0.05, 0) is 42.4 Å². The summed E-state index contributed by atoms with van der Waals surface area (Å²) in [5, 5.41) is 12.8. The Balaban J connectivity index is 2.33. The van der Waals surface area contributed by atoms with E-state index in [1.54, 1.807) is 30.7 Å². The molecule has 0 unspecified atom stereocenters. The van der Waals surface area contributed by atoms with Crippen molar-refractivity contribution in [3.05, 3.63) is 71.8 Å². The number of nitrogens with one attached hydrogen (secondary N) is 1. The van der Waals surface area contributed by atoms with Crippen LogP contribution in [0.3, 0.4) is 0 Å². The van der Waals surface area contributed by atoms with Gasteiger partial charge in [-0.2, -0.15) is 0 Å². The van der Waals surface area contributed by atoms with Gasteiger partial charge in [0, 0.05) is 37.7 Å². The van der Waals surface area contributed by atoms with Crippen molar-refractivity contribution >= 4 is 17.7 Å². The molecule has 2 aromatic rings. The number of thioether (sulfide) groups is 1. The smallest absolute Gasteiger partial charge is 0.270 e. The van der Waals surface area contributed by atoms with Gasteiger partial charge in [-0.25, -0.2) is 9.97 Å². The van der Waals surface area contributed by atoms with E-state index < -0.39 is 0 Å².